The smallest absolute Gasteiger partial charge is 0.234 e. The van der Waals surface area contributed by atoms with Crippen molar-refractivity contribution >= 4 is 5.91 Å². The van der Waals surface area contributed by atoms with Gasteiger partial charge < -0.3 is 20.1 Å². The van der Waals surface area contributed by atoms with Crippen molar-refractivity contribution in [2.75, 3.05) is 33.4 Å². The average Bonchev–Trinajstić information content (AvgIpc) is 2.44. The Balaban J connectivity index is 2.11. The maximum absolute atomic E-state index is 11.4. The first-order valence-electron chi connectivity index (χ1n) is 6.50. The van der Waals surface area contributed by atoms with Gasteiger partial charge >= 0.3 is 0 Å². The quantitative estimate of drug-likeness (QED) is 0.659. The van der Waals surface area contributed by atoms with Gasteiger partial charge in [-0.3, -0.25) is 4.79 Å². The van der Waals surface area contributed by atoms with Crippen molar-refractivity contribution in [1.82, 2.24) is 10.6 Å². The molecule has 1 amide bonds. The number of hydrogen-bond donors (Lipinski definition) is 2. The van der Waals surface area contributed by atoms with Crippen molar-refractivity contribution in [3.05, 3.63) is 24.3 Å². The molecule has 19 heavy (non-hydrogen) atoms. The van der Waals surface area contributed by atoms with Crippen molar-refractivity contribution in [3.63, 3.8) is 0 Å². The zero-order valence-corrected chi connectivity index (χ0v) is 11.6. The van der Waals surface area contributed by atoms with Gasteiger partial charge in [0, 0.05) is 0 Å². The number of carbonyl (C=O) groups excluding carboxylic acids is 1. The summed E-state index contributed by atoms with van der Waals surface area (Å²) in [6.45, 7) is 4.23. The molecule has 0 aliphatic heterocycles. The number of rotatable bonds is 9. The van der Waals surface area contributed by atoms with Gasteiger partial charge in [0.2, 0.25) is 5.91 Å². The molecule has 5 nitrogen and oxygen atoms in total. The Morgan fingerprint density at radius 2 is 1.84 bits per heavy atom. The number of methoxy groups -OCH3 is 1. The predicted molar refractivity (Wildman–Crippen MR) is 74.7 cm³/mol. The highest BCUT2D eigenvalue weighted by Crippen LogP contribution is 2.16. The highest BCUT2D eigenvalue weighted by molar-refractivity contribution is 5.77. The summed E-state index contributed by atoms with van der Waals surface area (Å²) in [5.74, 6) is 1.55. The molecule has 0 fully saturated rings. The monoisotopic (exact) mass is 266 g/mol. The fourth-order valence-corrected chi connectivity index (χ4v) is 1.47. The lowest BCUT2D eigenvalue weighted by Crippen LogP contribution is -2.36. The van der Waals surface area contributed by atoms with E-state index in [1.54, 1.807) is 7.11 Å². The Hall–Kier alpha value is -1.75. The second kappa shape index (κ2) is 9.22. The van der Waals surface area contributed by atoms with Crippen LogP contribution in [-0.2, 0) is 4.79 Å². The minimum atomic E-state index is -0.00761. The number of hydrogen-bond acceptors (Lipinski definition) is 4. The van der Waals surface area contributed by atoms with Crippen LogP contribution in [0.5, 0.6) is 11.5 Å². The standard InChI is InChI=1S/C14H22N2O3/c1-3-8-15-11-14(17)16-9-10-19-13-6-4-12(18-2)5-7-13/h4-7,15H,3,8-11H2,1-2H3,(H,16,17). The molecule has 0 aliphatic carbocycles. The lowest BCUT2D eigenvalue weighted by atomic mass is 10.3. The summed E-state index contributed by atoms with van der Waals surface area (Å²) in [5, 5.41) is 5.82. The van der Waals surface area contributed by atoms with E-state index in [0.717, 1.165) is 24.5 Å². The molecule has 1 aromatic rings. The van der Waals surface area contributed by atoms with Gasteiger partial charge in [0.05, 0.1) is 20.2 Å². The van der Waals surface area contributed by atoms with E-state index in [4.69, 9.17) is 9.47 Å². The van der Waals surface area contributed by atoms with Crippen LogP contribution in [0.2, 0.25) is 0 Å². The van der Waals surface area contributed by atoms with E-state index in [2.05, 4.69) is 17.6 Å². The van der Waals surface area contributed by atoms with Crippen LogP contribution in [0.3, 0.4) is 0 Å². The maximum atomic E-state index is 11.4. The Kier molecular flexibility index (Phi) is 7.43. The predicted octanol–water partition coefficient (Wildman–Crippen LogP) is 1.19. The second-order valence-corrected chi connectivity index (χ2v) is 4.05. The molecule has 0 heterocycles. The normalized spacial score (nSPS) is 10.0. The molecule has 0 radical (unpaired) electrons. The topological polar surface area (TPSA) is 59.6 Å². The zero-order chi connectivity index (χ0) is 13.9. The van der Waals surface area contributed by atoms with Crippen LogP contribution in [0.4, 0.5) is 0 Å². The first-order chi connectivity index (χ1) is 9.26. The molecular weight excluding hydrogens is 244 g/mol. The molecule has 0 aliphatic rings. The van der Waals surface area contributed by atoms with E-state index in [9.17, 15) is 4.79 Å². The SMILES string of the molecule is CCCNCC(=O)NCCOc1ccc(OC)cc1. The van der Waals surface area contributed by atoms with Gasteiger partial charge in [-0.05, 0) is 37.2 Å². The van der Waals surface area contributed by atoms with E-state index in [-0.39, 0.29) is 5.91 Å². The van der Waals surface area contributed by atoms with E-state index < -0.39 is 0 Å². The third kappa shape index (κ3) is 6.67. The molecule has 1 rings (SSSR count). The van der Waals surface area contributed by atoms with Gasteiger partial charge in [0.1, 0.15) is 18.1 Å². The Bertz CT molecular complexity index is 365. The Morgan fingerprint density at radius 3 is 2.47 bits per heavy atom. The number of carbonyl (C=O) groups is 1. The average molecular weight is 266 g/mol. The molecule has 0 saturated heterocycles. The van der Waals surface area contributed by atoms with Crippen LogP contribution < -0.4 is 20.1 Å². The molecule has 0 unspecified atom stereocenters. The van der Waals surface area contributed by atoms with Gasteiger partial charge in [-0.25, -0.2) is 0 Å². The summed E-state index contributed by atoms with van der Waals surface area (Å²) < 4.78 is 10.5. The van der Waals surface area contributed by atoms with Crippen LogP contribution in [-0.4, -0.2) is 39.3 Å². The van der Waals surface area contributed by atoms with Gasteiger partial charge in [-0.15, -0.1) is 0 Å². The van der Waals surface area contributed by atoms with Gasteiger partial charge in [0.15, 0.2) is 0 Å². The summed E-state index contributed by atoms with van der Waals surface area (Å²) in [7, 11) is 1.62. The number of amides is 1. The number of benzene rings is 1. The van der Waals surface area contributed by atoms with E-state index >= 15 is 0 Å². The van der Waals surface area contributed by atoms with Gasteiger partial charge in [-0.1, -0.05) is 6.92 Å². The first-order valence-corrected chi connectivity index (χ1v) is 6.50. The van der Waals surface area contributed by atoms with E-state index in [0.29, 0.717) is 19.7 Å². The van der Waals surface area contributed by atoms with Crippen LogP contribution in [0, 0.1) is 0 Å². The van der Waals surface area contributed by atoms with Crippen LogP contribution >= 0.6 is 0 Å². The molecule has 1 aromatic carbocycles. The largest absolute Gasteiger partial charge is 0.497 e. The third-order valence-corrected chi connectivity index (χ3v) is 2.46. The molecule has 5 heteroatoms. The Morgan fingerprint density at radius 1 is 1.16 bits per heavy atom. The summed E-state index contributed by atoms with van der Waals surface area (Å²) in [4.78, 5) is 11.4. The minimum absolute atomic E-state index is 0.00761. The fourth-order valence-electron chi connectivity index (χ4n) is 1.47. The van der Waals surface area contributed by atoms with Crippen molar-refractivity contribution in [1.29, 1.82) is 0 Å². The maximum Gasteiger partial charge on any atom is 0.234 e. The van der Waals surface area contributed by atoms with Gasteiger partial charge in [-0.2, -0.15) is 0 Å². The van der Waals surface area contributed by atoms with Crippen LogP contribution in [0.15, 0.2) is 24.3 Å². The second-order valence-electron chi connectivity index (χ2n) is 4.05. The van der Waals surface area contributed by atoms with Crippen LogP contribution in [0.25, 0.3) is 0 Å². The summed E-state index contributed by atoms with van der Waals surface area (Å²) in [6.07, 6.45) is 1.02. The first kappa shape index (κ1) is 15.3. The van der Waals surface area contributed by atoms with E-state index in [1.165, 1.54) is 0 Å². The molecular formula is C14H22N2O3. The van der Waals surface area contributed by atoms with Crippen molar-refractivity contribution in [3.8, 4) is 11.5 Å². The molecule has 0 saturated carbocycles. The van der Waals surface area contributed by atoms with Crippen molar-refractivity contribution < 1.29 is 14.3 Å². The van der Waals surface area contributed by atoms with E-state index in [1.807, 2.05) is 24.3 Å². The summed E-state index contributed by atoms with van der Waals surface area (Å²) in [6, 6.07) is 7.35. The molecule has 0 spiro atoms. The van der Waals surface area contributed by atoms with Crippen molar-refractivity contribution in [2.45, 2.75) is 13.3 Å². The van der Waals surface area contributed by atoms with Crippen molar-refractivity contribution in [2.24, 2.45) is 0 Å². The lowest BCUT2D eigenvalue weighted by molar-refractivity contribution is -0.120. The fraction of sp³-hybridized carbons (Fsp3) is 0.500. The molecule has 0 bridgehead atoms. The molecule has 106 valence electrons. The number of nitrogens with one attached hydrogen (secondary N) is 2. The molecule has 0 atom stereocenters. The Labute approximate surface area is 114 Å². The lowest BCUT2D eigenvalue weighted by Gasteiger charge is -2.08. The highest BCUT2D eigenvalue weighted by Gasteiger charge is 1.99. The summed E-state index contributed by atoms with van der Waals surface area (Å²) >= 11 is 0. The summed E-state index contributed by atoms with van der Waals surface area (Å²) in [5.41, 5.74) is 0. The number of ether oxygens (including phenoxy) is 2. The highest BCUT2D eigenvalue weighted by atomic mass is 16.5. The van der Waals surface area contributed by atoms with Gasteiger partial charge in [0.25, 0.3) is 0 Å². The molecule has 0 aromatic heterocycles. The minimum Gasteiger partial charge on any atom is -0.497 e. The molecule has 2 N–H and O–H groups in total. The third-order valence-electron chi connectivity index (χ3n) is 2.46. The van der Waals surface area contributed by atoms with Crippen LogP contribution in [0.1, 0.15) is 13.3 Å². The zero-order valence-electron chi connectivity index (χ0n) is 11.6.